The molecule has 1 aromatic heterocycles. The number of aromatic amines is 1. The van der Waals surface area contributed by atoms with Crippen molar-refractivity contribution in [2.24, 2.45) is 10.8 Å². The second-order valence-electron chi connectivity index (χ2n) is 6.74. The molecule has 16 heavy (non-hydrogen) atoms. The Hall–Kier alpha value is -0.990. The van der Waals surface area contributed by atoms with Crippen molar-refractivity contribution >= 4 is 5.69 Å². The summed E-state index contributed by atoms with van der Waals surface area (Å²) < 4.78 is 0. The van der Waals surface area contributed by atoms with Crippen molar-refractivity contribution in [3.63, 3.8) is 0 Å². The molecule has 1 fully saturated rings. The summed E-state index contributed by atoms with van der Waals surface area (Å²) in [5.41, 5.74) is 1.98. The fourth-order valence-electron chi connectivity index (χ4n) is 3.51. The topological polar surface area (TPSA) is 40.7 Å². The van der Waals surface area contributed by atoms with Gasteiger partial charge in [-0.3, -0.25) is 5.10 Å². The van der Waals surface area contributed by atoms with E-state index >= 15 is 0 Å². The van der Waals surface area contributed by atoms with Gasteiger partial charge in [0.2, 0.25) is 0 Å². The van der Waals surface area contributed by atoms with Crippen LogP contribution < -0.4 is 5.32 Å². The van der Waals surface area contributed by atoms with Gasteiger partial charge in [0.05, 0.1) is 11.9 Å². The molecule has 2 N–H and O–H groups in total. The van der Waals surface area contributed by atoms with E-state index in [1.807, 2.05) is 12.4 Å². The maximum absolute atomic E-state index is 3.97. The lowest BCUT2D eigenvalue weighted by molar-refractivity contribution is 0.105. The average Bonchev–Trinajstić information content (AvgIpc) is 2.49. The molecule has 0 aromatic carbocycles. The minimum absolute atomic E-state index is 0.434. The molecule has 0 amide bonds. The summed E-state index contributed by atoms with van der Waals surface area (Å²) in [7, 11) is 0. The van der Waals surface area contributed by atoms with Crippen LogP contribution in [0.25, 0.3) is 0 Å². The van der Waals surface area contributed by atoms with Crippen molar-refractivity contribution in [1.29, 1.82) is 0 Å². The summed E-state index contributed by atoms with van der Waals surface area (Å²) in [6.07, 6.45) is 7.57. The number of rotatable bonds is 2. The quantitative estimate of drug-likeness (QED) is 0.803. The molecule has 0 bridgehead atoms. The molecular formula is C13H23N3. The highest BCUT2D eigenvalue weighted by Gasteiger charge is 2.38. The molecular weight excluding hydrogens is 198 g/mol. The fourth-order valence-corrected chi connectivity index (χ4v) is 3.51. The average molecular weight is 221 g/mol. The van der Waals surface area contributed by atoms with Crippen LogP contribution in [0.2, 0.25) is 0 Å². The Bertz CT molecular complexity index is 322. The summed E-state index contributed by atoms with van der Waals surface area (Å²) >= 11 is 0. The fraction of sp³-hybridized carbons (Fsp3) is 0.769. The van der Waals surface area contributed by atoms with E-state index in [-0.39, 0.29) is 0 Å². The van der Waals surface area contributed by atoms with Gasteiger partial charge < -0.3 is 5.32 Å². The van der Waals surface area contributed by atoms with Gasteiger partial charge in [0.15, 0.2) is 0 Å². The highest BCUT2D eigenvalue weighted by molar-refractivity contribution is 5.39. The molecule has 90 valence electrons. The first-order valence-corrected chi connectivity index (χ1v) is 6.12. The predicted molar refractivity (Wildman–Crippen MR) is 67.4 cm³/mol. The molecule has 2 rings (SSSR count). The number of nitrogens with zero attached hydrogens (tertiary/aromatic N) is 1. The Labute approximate surface area is 98.0 Å². The van der Waals surface area contributed by atoms with Gasteiger partial charge in [-0.2, -0.15) is 5.10 Å². The van der Waals surface area contributed by atoms with Crippen molar-refractivity contribution in [2.45, 2.75) is 53.0 Å². The van der Waals surface area contributed by atoms with Crippen LogP contribution in [0.1, 0.15) is 47.0 Å². The highest BCUT2D eigenvalue weighted by Crippen LogP contribution is 2.46. The second kappa shape index (κ2) is 3.79. The third kappa shape index (κ3) is 2.77. The van der Waals surface area contributed by atoms with E-state index in [0.717, 1.165) is 5.69 Å². The van der Waals surface area contributed by atoms with E-state index < -0.39 is 0 Å². The number of H-pyrrole nitrogens is 1. The Morgan fingerprint density at radius 3 is 2.38 bits per heavy atom. The highest BCUT2D eigenvalue weighted by atomic mass is 15.1. The second-order valence-corrected chi connectivity index (χ2v) is 6.74. The molecule has 0 saturated heterocycles. The molecule has 0 aliphatic heterocycles. The van der Waals surface area contributed by atoms with Crippen LogP contribution in [-0.4, -0.2) is 16.2 Å². The maximum Gasteiger partial charge on any atom is 0.0725 e. The zero-order valence-electron chi connectivity index (χ0n) is 10.8. The van der Waals surface area contributed by atoms with E-state index in [0.29, 0.717) is 16.9 Å². The lowest BCUT2D eigenvalue weighted by atomic mass is 9.63. The molecule has 1 aromatic rings. The van der Waals surface area contributed by atoms with E-state index in [2.05, 4.69) is 43.2 Å². The monoisotopic (exact) mass is 221 g/mol. The van der Waals surface area contributed by atoms with Crippen molar-refractivity contribution in [3.05, 3.63) is 12.4 Å². The van der Waals surface area contributed by atoms with Crippen LogP contribution in [-0.2, 0) is 0 Å². The Morgan fingerprint density at radius 2 is 1.88 bits per heavy atom. The standard InChI is InChI=1S/C13H23N3/c1-12(2)5-10(6-13(3,4)9-12)16-11-7-14-15-8-11/h7-8,10,16H,5-6,9H2,1-4H3,(H,14,15). The molecule has 1 aliphatic carbocycles. The van der Waals surface area contributed by atoms with Crippen LogP contribution in [0.15, 0.2) is 12.4 Å². The Kier molecular flexibility index (Phi) is 2.72. The van der Waals surface area contributed by atoms with Crippen LogP contribution in [0.5, 0.6) is 0 Å². The molecule has 0 atom stereocenters. The first kappa shape index (κ1) is 11.5. The number of aromatic nitrogens is 2. The van der Waals surface area contributed by atoms with Crippen molar-refractivity contribution in [1.82, 2.24) is 10.2 Å². The minimum Gasteiger partial charge on any atom is -0.380 e. The van der Waals surface area contributed by atoms with Gasteiger partial charge in [0.25, 0.3) is 0 Å². The van der Waals surface area contributed by atoms with Gasteiger partial charge >= 0.3 is 0 Å². The predicted octanol–water partition coefficient (Wildman–Crippen LogP) is 3.43. The summed E-state index contributed by atoms with van der Waals surface area (Å²) in [5, 5.41) is 10.4. The van der Waals surface area contributed by atoms with E-state index in [1.165, 1.54) is 19.3 Å². The van der Waals surface area contributed by atoms with Gasteiger partial charge in [-0.15, -0.1) is 0 Å². The smallest absolute Gasteiger partial charge is 0.0725 e. The van der Waals surface area contributed by atoms with Gasteiger partial charge in [-0.1, -0.05) is 27.7 Å². The summed E-state index contributed by atoms with van der Waals surface area (Å²) in [6, 6.07) is 0.566. The lowest BCUT2D eigenvalue weighted by Crippen LogP contribution is -2.40. The van der Waals surface area contributed by atoms with Crippen LogP contribution in [0.4, 0.5) is 5.69 Å². The van der Waals surface area contributed by atoms with E-state index in [1.54, 1.807) is 0 Å². The molecule has 1 aliphatic rings. The molecule has 1 saturated carbocycles. The third-order valence-electron chi connectivity index (χ3n) is 3.42. The molecule has 1 heterocycles. The largest absolute Gasteiger partial charge is 0.380 e. The van der Waals surface area contributed by atoms with Gasteiger partial charge in [0, 0.05) is 12.2 Å². The molecule has 3 heteroatoms. The van der Waals surface area contributed by atoms with Crippen molar-refractivity contribution in [3.8, 4) is 0 Å². The van der Waals surface area contributed by atoms with Gasteiger partial charge in [-0.25, -0.2) is 0 Å². The number of hydrogen-bond acceptors (Lipinski definition) is 2. The first-order chi connectivity index (χ1) is 7.36. The molecule has 3 nitrogen and oxygen atoms in total. The maximum atomic E-state index is 3.97. The lowest BCUT2D eigenvalue weighted by Gasteiger charge is -2.45. The number of nitrogens with one attached hydrogen (secondary N) is 2. The molecule has 0 spiro atoms. The summed E-state index contributed by atoms with van der Waals surface area (Å²) in [6.45, 7) is 9.49. The van der Waals surface area contributed by atoms with Crippen molar-refractivity contribution < 1.29 is 0 Å². The first-order valence-electron chi connectivity index (χ1n) is 6.12. The SMILES string of the molecule is CC1(C)CC(Nc2cn[nH]c2)CC(C)(C)C1. The van der Waals surface area contributed by atoms with Gasteiger partial charge in [-0.05, 0) is 30.1 Å². The Morgan fingerprint density at radius 1 is 1.25 bits per heavy atom. The van der Waals surface area contributed by atoms with Crippen LogP contribution in [0.3, 0.4) is 0 Å². The number of hydrogen-bond donors (Lipinski definition) is 2. The number of anilines is 1. The van der Waals surface area contributed by atoms with E-state index in [4.69, 9.17) is 0 Å². The molecule has 0 unspecified atom stereocenters. The van der Waals surface area contributed by atoms with Crippen LogP contribution >= 0.6 is 0 Å². The Balaban J connectivity index is 2.05. The summed E-state index contributed by atoms with van der Waals surface area (Å²) in [4.78, 5) is 0. The summed E-state index contributed by atoms with van der Waals surface area (Å²) in [5.74, 6) is 0. The van der Waals surface area contributed by atoms with Crippen LogP contribution in [0, 0.1) is 10.8 Å². The molecule has 0 radical (unpaired) electrons. The van der Waals surface area contributed by atoms with Gasteiger partial charge in [0.1, 0.15) is 0 Å². The minimum atomic E-state index is 0.434. The zero-order valence-corrected chi connectivity index (χ0v) is 10.8. The third-order valence-corrected chi connectivity index (χ3v) is 3.42. The normalized spacial score (nSPS) is 24.2. The van der Waals surface area contributed by atoms with Crippen molar-refractivity contribution in [2.75, 3.05) is 5.32 Å². The zero-order chi connectivity index (χ0) is 11.8. The van der Waals surface area contributed by atoms with E-state index in [9.17, 15) is 0 Å².